The molecule has 4 nitrogen and oxygen atoms in total. The molecular weight excluding hydrogens is 196 g/mol. The van der Waals surface area contributed by atoms with Gasteiger partial charge in [-0.2, -0.15) is 0 Å². The van der Waals surface area contributed by atoms with E-state index in [1.807, 2.05) is 0 Å². The zero-order chi connectivity index (χ0) is 4.50. The van der Waals surface area contributed by atoms with Crippen molar-refractivity contribution in [3.05, 3.63) is 0 Å². The summed E-state index contributed by atoms with van der Waals surface area (Å²) in [5.74, 6) is 0. The topological polar surface area (TPSA) is 92.2 Å². The molecule has 0 saturated heterocycles. The monoisotopic (exact) mass is 201 g/mol. The van der Waals surface area contributed by atoms with Crippen LogP contribution in [0.25, 0.3) is 0 Å². The Morgan fingerprint density at radius 2 is 0.889 bits per heavy atom. The van der Waals surface area contributed by atoms with Gasteiger partial charge in [0.15, 0.2) is 0 Å². The second-order valence-electron chi connectivity index (χ2n) is 0.513. The van der Waals surface area contributed by atoms with Crippen molar-refractivity contribution in [2.45, 2.75) is 0 Å². The molecule has 0 aliphatic carbocycles. The third-order valence-electron chi connectivity index (χ3n) is 0. The zero-order valence-corrected chi connectivity index (χ0v) is 13.4. The summed E-state index contributed by atoms with van der Waals surface area (Å²) < 4.78 is 0. The summed E-state index contributed by atoms with van der Waals surface area (Å²) in [5, 5.41) is 0. The van der Waals surface area contributed by atoms with Crippen LogP contribution in [0.3, 0.4) is 0 Å². The predicted octanol–water partition coefficient (Wildman–Crippen LogP) is -2.78. The quantitative estimate of drug-likeness (QED) is 0.292. The van der Waals surface area contributed by atoms with Crippen LogP contribution in [0.2, 0.25) is 0 Å². The number of rotatable bonds is 0. The zero-order valence-electron chi connectivity index (χ0n) is 5.70. The molecule has 0 unspecified atom stereocenters. The molecular formula is H5Na3O4PS. The van der Waals surface area contributed by atoms with Gasteiger partial charge in [-0.3, -0.25) is 0 Å². The van der Waals surface area contributed by atoms with Crippen LogP contribution in [-0.2, 0) is 11.8 Å². The molecule has 9 heavy (non-hydrogen) atoms. The van der Waals surface area contributed by atoms with Gasteiger partial charge in [-0.1, -0.05) is 0 Å². The van der Waals surface area contributed by atoms with Crippen LogP contribution in [0.15, 0.2) is 0 Å². The second kappa shape index (κ2) is 14.0. The van der Waals surface area contributed by atoms with Gasteiger partial charge in [0.2, 0.25) is 0 Å². The van der Waals surface area contributed by atoms with Gasteiger partial charge in [0.25, 0.3) is 0 Å². The van der Waals surface area contributed by atoms with Crippen molar-refractivity contribution < 1.29 is 20.2 Å². The number of hydrogen-bond donors (Lipinski definition) is 3. The molecule has 0 bridgehead atoms. The van der Waals surface area contributed by atoms with E-state index in [4.69, 9.17) is 14.7 Å². The molecule has 0 heterocycles. The van der Waals surface area contributed by atoms with Crippen molar-refractivity contribution in [3.8, 4) is 0 Å². The predicted molar refractivity (Wildman–Crippen MR) is 41.8 cm³/mol. The van der Waals surface area contributed by atoms with E-state index in [0.717, 1.165) is 0 Å². The van der Waals surface area contributed by atoms with E-state index in [2.05, 4.69) is 11.8 Å². The average Bonchev–Trinajstić information content (AvgIpc) is 0.722. The first-order valence-electron chi connectivity index (χ1n) is 0.783. The van der Waals surface area contributed by atoms with Crippen molar-refractivity contribution in [3.63, 3.8) is 0 Å². The Balaban J connectivity index is -0.0000000133. The van der Waals surface area contributed by atoms with Gasteiger partial charge in [-0.25, -0.2) is 0 Å². The molecule has 0 aliphatic rings. The summed E-state index contributed by atoms with van der Waals surface area (Å²) in [5.41, 5.74) is 0. The second-order valence-corrected chi connectivity index (χ2v) is 3.01. The molecule has 0 rings (SSSR count). The molecule has 0 aromatic carbocycles. The molecule has 9 heteroatoms. The van der Waals surface area contributed by atoms with Crippen molar-refractivity contribution in [1.29, 1.82) is 0 Å². The Labute approximate surface area is 125 Å². The minimum atomic E-state index is -3.81. The van der Waals surface area contributed by atoms with E-state index in [0.29, 0.717) is 0 Å². The van der Waals surface area contributed by atoms with Crippen LogP contribution in [-0.4, -0.2) is 109 Å². The largest absolute Gasteiger partial charge is 0.412 e. The van der Waals surface area contributed by atoms with E-state index in [1.54, 1.807) is 0 Å². The van der Waals surface area contributed by atoms with Crippen molar-refractivity contribution in [2.24, 2.45) is 0 Å². The van der Waals surface area contributed by atoms with Gasteiger partial charge in [-0.15, -0.1) is 0 Å². The van der Waals surface area contributed by atoms with E-state index in [-0.39, 0.29) is 94.1 Å². The molecule has 5 N–H and O–H groups in total. The molecule has 0 saturated carbocycles. The Morgan fingerprint density at radius 1 is 0.889 bits per heavy atom. The fourth-order valence-corrected chi connectivity index (χ4v) is 0. The molecule has 43 valence electrons. The van der Waals surface area contributed by atoms with Crippen LogP contribution in [0.5, 0.6) is 0 Å². The Morgan fingerprint density at radius 3 is 0.889 bits per heavy atom. The summed E-state index contributed by atoms with van der Waals surface area (Å²) in [6.45, 7) is -3.81. The van der Waals surface area contributed by atoms with Crippen LogP contribution in [0, 0.1) is 0 Å². The van der Waals surface area contributed by atoms with Crippen molar-refractivity contribution in [1.82, 2.24) is 0 Å². The summed E-state index contributed by atoms with van der Waals surface area (Å²) in [6, 6.07) is 0. The molecule has 0 aromatic heterocycles. The first-order valence-corrected chi connectivity index (χ1v) is 3.44. The van der Waals surface area contributed by atoms with Gasteiger partial charge >= 0.3 is 6.72 Å². The average molecular weight is 201 g/mol. The maximum absolute atomic E-state index is 7.56. The smallest absolute Gasteiger partial charge is 0.319 e. The fourth-order valence-electron chi connectivity index (χ4n) is 0. The molecule has 0 amide bonds. The third kappa shape index (κ3) is 85.0. The van der Waals surface area contributed by atoms with Crippen LogP contribution < -0.4 is 0 Å². The summed E-state index contributed by atoms with van der Waals surface area (Å²) >= 11 is 3.60. The molecule has 3 radical (unpaired) electrons. The van der Waals surface area contributed by atoms with E-state index in [1.165, 1.54) is 0 Å². The van der Waals surface area contributed by atoms with Crippen LogP contribution >= 0.6 is 6.72 Å². The molecule has 0 fully saturated rings. The number of hydrogen-bond acceptors (Lipinski definition) is 1. The van der Waals surface area contributed by atoms with Crippen molar-refractivity contribution >= 4 is 107 Å². The van der Waals surface area contributed by atoms with E-state index in [9.17, 15) is 0 Å². The summed E-state index contributed by atoms with van der Waals surface area (Å²) in [6.07, 6.45) is 0. The van der Waals surface area contributed by atoms with Crippen LogP contribution in [0.1, 0.15) is 0 Å². The van der Waals surface area contributed by atoms with Gasteiger partial charge < -0.3 is 20.2 Å². The Kier molecular flexibility index (Phi) is 45.8. The van der Waals surface area contributed by atoms with Gasteiger partial charge in [0, 0.05) is 88.7 Å². The van der Waals surface area contributed by atoms with Gasteiger partial charge in [0.1, 0.15) is 0 Å². The molecule has 0 spiro atoms. The first-order chi connectivity index (χ1) is 2.00. The fraction of sp³-hybridized carbons (Fsp3) is 0. The van der Waals surface area contributed by atoms with Gasteiger partial charge in [-0.05, 0) is 11.8 Å². The molecule has 0 aromatic rings. The SMILES string of the molecule is O.OP(O)(O)=S.[Na].[Na].[Na]. The third-order valence-corrected chi connectivity index (χ3v) is 0. The van der Waals surface area contributed by atoms with Crippen molar-refractivity contribution in [2.75, 3.05) is 0 Å². The maximum Gasteiger partial charge on any atom is 0.319 e. The Hall–Kier alpha value is 3.49. The van der Waals surface area contributed by atoms with E-state index >= 15 is 0 Å². The molecule has 0 atom stereocenters. The first kappa shape index (κ1) is 29.4. The normalized spacial score (nSPS) is 6.56. The van der Waals surface area contributed by atoms with E-state index < -0.39 is 6.72 Å². The standard InChI is InChI=1S/3Na.H3O3PS.H2O/c;;;1-4(2,3)5;/h;;;(H3,1,2,3,5);1H2. The summed E-state index contributed by atoms with van der Waals surface area (Å²) in [7, 11) is 0. The maximum atomic E-state index is 7.56. The minimum absolute atomic E-state index is 0. The Bertz CT molecular complexity index is 61.9. The summed E-state index contributed by atoms with van der Waals surface area (Å²) in [4.78, 5) is 22.7. The van der Waals surface area contributed by atoms with Crippen LogP contribution in [0.4, 0.5) is 0 Å². The minimum Gasteiger partial charge on any atom is -0.412 e. The molecule has 0 aliphatic heterocycles. The van der Waals surface area contributed by atoms with Gasteiger partial charge in [0.05, 0.1) is 0 Å².